The third kappa shape index (κ3) is 14.0. The molecule has 0 aromatic rings. The molecule has 0 rings (SSSR count). The first kappa shape index (κ1) is 18.3. The second-order valence-electron chi connectivity index (χ2n) is 2.25. The number of aliphatic hydroxyl groups is 1. The number of aliphatic hydroxyl groups excluding tert-OH is 1. The SMILES string of the molecule is CCOC(=O)CO.CCOP([O-])(=S)OCC. The summed E-state index contributed by atoms with van der Waals surface area (Å²) in [7, 11) is 0. The fourth-order valence-electron chi connectivity index (χ4n) is 0.560. The van der Waals surface area contributed by atoms with E-state index in [4.69, 9.17) is 5.11 Å². The van der Waals surface area contributed by atoms with Gasteiger partial charge in [-0.05, 0) is 20.8 Å². The summed E-state index contributed by atoms with van der Waals surface area (Å²) in [6, 6.07) is 0. The lowest BCUT2D eigenvalue weighted by Crippen LogP contribution is -2.07. The van der Waals surface area contributed by atoms with Crippen molar-refractivity contribution in [3.05, 3.63) is 0 Å². The maximum atomic E-state index is 10.8. The molecule has 1 N–H and O–H groups in total. The maximum absolute atomic E-state index is 10.8. The molecule has 0 aliphatic carbocycles. The molecule has 0 aromatic heterocycles. The summed E-state index contributed by atoms with van der Waals surface area (Å²) in [5, 5.41) is 7.99. The van der Waals surface area contributed by atoms with E-state index in [1.165, 1.54) is 0 Å². The van der Waals surface area contributed by atoms with Crippen LogP contribution in [0.4, 0.5) is 0 Å². The zero-order valence-electron chi connectivity index (χ0n) is 9.67. The predicted octanol–water partition coefficient (Wildman–Crippen LogP) is 0.186. The van der Waals surface area contributed by atoms with Crippen LogP contribution in [0.5, 0.6) is 0 Å². The predicted molar refractivity (Wildman–Crippen MR) is 61.3 cm³/mol. The largest absolute Gasteiger partial charge is 0.780 e. The molecule has 0 bridgehead atoms. The molecule has 8 heteroatoms. The van der Waals surface area contributed by atoms with Gasteiger partial charge in [-0.25, -0.2) is 4.79 Å². The maximum Gasteiger partial charge on any atom is 0.331 e. The van der Waals surface area contributed by atoms with Crippen molar-refractivity contribution in [2.24, 2.45) is 0 Å². The lowest BCUT2D eigenvalue weighted by molar-refractivity contribution is -0.205. The zero-order chi connectivity index (χ0) is 13.0. The molecular formula is C8H18O6PS-. The van der Waals surface area contributed by atoms with Gasteiger partial charge in [-0.3, -0.25) is 0 Å². The minimum atomic E-state index is -3.11. The Morgan fingerprint density at radius 2 is 1.69 bits per heavy atom. The molecule has 0 aliphatic rings. The average Bonchev–Trinajstić information content (AvgIpc) is 2.18. The summed E-state index contributed by atoms with van der Waals surface area (Å²) in [5.74, 6) is -0.567. The summed E-state index contributed by atoms with van der Waals surface area (Å²) >= 11 is 4.45. The Morgan fingerprint density at radius 1 is 1.25 bits per heavy atom. The van der Waals surface area contributed by atoms with E-state index in [1.54, 1.807) is 20.8 Å². The van der Waals surface area contributed by atoms with Crippen LogP contribution < -0.4 is 4.89 Å². The van der Waals surface area contributed by atoms with Gasteiger partial charge >= 0.3 is 5.97 Å². The summed E-state index contributed by atoms with van der Waals surface area (Å²) < 4.78 is 13.5. The van der Waals surface area contributed by atoms with E-state index in [9.17, 15) is 9.69 Å². The van der Waals surface area contributed by atoms with Crippen LogP contribution in [0.2, 0.25) is 0 Å². The molecule has 0 saturated carbocycles. The van der Waals surface area contributed by atoms with Crippen LogP contribution in [-0.4, -0.2) is 37.5 Å². The van der Waals surface area contributed by atoms with Crippen LogP contribution in [0.25, 0.3) is 0 Å². The summed E-state index contributed by atoms with van der Waals surface area (Å²) in [6.45, 7) is 2.50. The van der Waals surface area contributed by atoms with Crippen molar-refractivity contribution in [3.8, 4) is 0 Å². The Morgan fingerprint density at radius 3 is 1.88 bits per heavy atom. The fraction of sp³-hybridized carbons (Fsp3) is 0.875. The molecule has 0 aliphatic heterocycles. The van der Waals surface area contributed by atoms with Gasteiger partial charge in [-0.1, -0.05) is 11.8 Å². The van der Waals surface area contributed by atoms with E-state index in [2.05, 4.69) is 25.6 Å². The standard InChI is InChI=1S/C4H11O3PS.C4H8O3/c1-3-6-8(5,9)7-4-2;1-2-7-4(6)3-5/h3-4H2,1-2H3,(H,5,9);5H,2-3H2,1H3/p-1. The molecule has 0 fully saturated rings. The Labute approximate surface area is 101 Å². The monoisotopic (exact) mass is 273 g/mol. The number of carbonyl (C=O) groups excluding carboxylic acids is 1. The highest BCUT2D eigenvalue weighted by Gasteiger charge is 1.98. The van der Waals surface area contributed by atoms with Gasteiger partial charge in [0.1, 0.15) is 13.3 Å². The number of carbonyl (C=O) groups is 1. The van der Waals surface area contributed by atoms with Crippen molar-refractivity contribution in [2.75, 3.05) is 26.4 Å². The second-order valence-corrected chi connectivity index (χ2v) is 5.00. The Balaban J connectivity index is 0. The van der Waals surface area contributed by atoms with E-state index in [-0.39, 0.29) is 0 Å². The number of rotatable bonds is 6. The van der Waals surface area contributed by atoms with Crippen LogP contribution in [-0.2, 0) is 30.4 Å². The van der Waals surface area contributed by atoms with Gasteiger partial charge in [0.25, 0.3) is 0 Å². The van der Waals surface area contributed by atoms with Crippen molar-refractivity contribution < 1.29 is 28.6 Å². The third-order valence-corrected chi connectivity index (χ3v) is 2.79. The molecule has 0 aromatic carbocycles. The minimum Gasteiger partial charge on any atom is -0.780 e. The van der Waals surface area contributed by atoms with E-state index in [1.807, 2.05) is 0 Å². The van der Waals surface area contributed by atoms with Gasteiger partial charge in [-0.15, -0.1) is 0 Å². The van der Waals surface area contributed by atoms with Gasteiger partial charge < -0.3 is 23.8 Å². The minimum absolute atomic E-state index is 0.333. The molecule has 0 heterocycles. The van der Waals surface area contributed by atoms with Crippen molar-refractivity contribution in [1.82, 2.24) is 0 Å². The summed E-state index contributed by atoms with van der Waals surface area (Å²) in [5.41, 5.74) is 0. The molecule has 6 nitrogen and oxygen atoms in total. The van der Waals surface area contributed by atoms with E-state index in [0.717, 1.165) is 0 Å². The smallest absolute Gasteiger partial charge is 0.331 e. The summed E-state index contributed by atoms with van der Waals surface area (Å²) in [6.07, 6.45) is 0. The quantitative estimate of drug-likeness (QED) is 0.545. The highest BCUT2D eigenvalue weighted by molar-refractivity contribution is 8.06. The molecule has 0 amide bonds. The highest BCUT2D eigenvalue weighted by atomic mass is 32.5. The van der Waals surface area contributed by atoms with Crippen molar-refractivity contribution in [2.45, 2.75) is 20.8 Å². The van der Waals surface area contributed by atoms with E-state index in [0.29, 0.717) is 19.8 Å². The van der Waals surface area contributed by atoms with Crippen molar-refractivity contribution in [3.63, 3.8) is 0 Å². The van der Waals surface area contributed by atoms with Crippen LogP contribution in [0.15, 0.2) is 0 Å². The number of ether oxygens (including phenoxy) is 1. The molecular weight excluding hydrogens is 255 g/mol. The molecule has 0 spiro atoms. The van der Waals surface area contributed by atoms with Crippen LogP contribution in [0.3, 0.4) is 0 Å². The van der Waals surface area contributed by atoms with Gasteiger partial charge in [0.15, 0.2) is 0 Å². The van der Waals surface area contributed by atoms with Crippen LogP contribution in [0.1, 0.15) is 20.8 Å². The van der Waals surface area contributed by atoms with Crippen LogP contribution >= 0.6 is 6.72 Å². The molecule has 0 atom stereocenters. The molecule has 0 saturated heterocycles. The lowest BCUT2D eigenvalue weighted by Gasteiger charge is -2.25. The van der Waals surface area contributed by atoms with Gasteiger partial charge in [0, 0.05) is 0 Å². The number of hydrogen-bond donors (Lipinski definition) is 1. The van der Waals surface area contributed by atoms with Gasteiger partial charge in [0.05, 0.1) is 19.8 Å². The third-order valence-electron chi connectivity index (χ3n) is 1.01. The fourth-order valence-corrected chi connectivity index (χ4v) is 1.90. The highest BCUT2D eigenvalue weighted by Crippen LogP contribution is 2.37. The second kappa shape index (κ2) is 11.4. The van der Waals surface area contributed by atoms with Crippen LogP contribution in [0, 0.1) is 0 Å². The van der Waals surface area contributed by atoms with Gasteiger partial charge in [0.2, 0.25) is 0 Å². The molecule has 98 valence electrons. The zero-order valence-corrected chi connectivity index (χ0v) is 11.4. The summed E-state index contributed by atoms with van der Waals surface area (Å²) in [4.78, 5) is 20.7. The molecule has 0 radical (unpaired) electrons. The lowest BCUT2D eigenvalue weighted by atomic mass is 10.7. The first-order valence-electron chi connectivity index (χ1n) is 4.80. The Hall–Kier alpha value is -0.0400. The van der Waals surface area contributed by atoms with Crippen molar-refractivity contribution in [1.29, 1.82) is 0 Å². The molecule has 0 unspecified atom stereocenters. The van der Waals surface area contributed by atoms with Gasteiger partial charge in [-0.2, -0.15) is 0 Å². The Bertz CT molecular complexity index is 213. The van der Waals surface area contributed by atoms with E-state index < -0.39 is 19.3 Å². The normalized spacial score (nSPS) is 10.3. The van der Waals surface area contributed by atoms with E-state index >= 15 is 0 Å². The topological polar surface area (TPSA) is 88.1 Å². The first-order valence-corrected chi connectivity index (χ1v) is 7.35. The Kier molecular flexibility index (Phi) is 13.1. The first-order chi connectivity index (χ1) is 7.43. The average molecular weight is 273 g/mol. The van der Waals surface area contributed by atoms with Crippen molar-refractivity contribution >= 4 is 24.5 Å². The number of esters is 1. The molecule has 16 heavy (non-hydrogen) atoms. The number of hydrogen-bond acceptors (Lipinski definition) is 7.